The molecule has 0 atom stereocenters. The highest BCUT2D eigenvalue weighted by molar-refractivity contribution is 7.14. The summed E-state index contributed by atoms with van der Waals surface area (Å²) in [6, 6.07) is 11.9. The molecule has 0 saturated carbocycles. The lowest BCUT2D eigenvalue weighted by atomic mass is 10.2. The molecule has 0 radical (unpaired) electrons. The molecule has 3 rings (SSSR count). The first kappa shape index (κ1) is 12.7. The van der Waals surface area contributed by atoms with Crippen molar-refractivity contribution in [2.24, 2.45) is 0 Å². The van der Waals surface area contributed by atoms with Gasteiger partial charge in [0.15, 0.2) is 0 Å². The van der Waals surface area contributed by atoms with Crippen molar-refractivity contribution in [3.63, 3.8) is 0 Å². The fourth-order valence-electron chi connectivity index (χ4n) is 1.71. The molecule has 100 valence electrons. The van der Waals surface area contributed by atoms with Crippen LogP contribution in [0.5, 0.6) is 0 Å². The Morgan fingerprint density at radius 1 is 1.10 bits per heavy atom. The van der Waals surface area contributed by atoms with Gasteiger partial charge in [-0.05, 0) is 13.0 Å². The maximum atomic E-state index is 4.29. The van der Waals surface area contributed by atoms with Gasteiger partial charge in [-0.2, -0.15) is 0 Å². The fraction of sp³-hybridized carbons (Fsp3) is 0.143. The molecule has 0 bridgehead atoms. The minimum Gasteiger partial charge on any atom is -0.348 e. The quantitative estimate of drug-likeness (QED) is 0.797. The maximum absolute atomic E-state index is 4.29. The van der Waals surface area contributed by atoms with E-state index in [0.29, 0.717) is 12.5 Å². The monoisotopic (exact) mass is 283 g/mol. The van der Waals surface area contributed by atoms with Gasteiger partial charge in [-0.3, -0.25) is 0 Å². The first-order chi connectivity index (χ1) is 9.81. The zero-order valence-corrected chi connectivity index (χ0v) is 11.8. The van der Waals surface area contributed by atoms with Crippen LogP contribution in [0.15, 0.2) is 42.6 Å². The standard InChI is InChI=1S/C14H13N5S/c1-10-7-8-15-14(17-10)16-9-12-18-19-13(20-12)11-5-3-2-4-6-11/h2-8H,9H2,1H3,(H,15,16,17). The van der Waals surface area contributed by atoms with Crippen molar-refractivity contribution in [2.75, 3.05) is 5.32 Å². The van der Waals surface area contributed by atoms with Crippen molar-refractivity contribution in [2.45, 2.75) is 13.5 Å². The molecule has 1 aromatic carbocycles. The van der Waals surface area contributed by atoms with Crippen LogP contribution in [0.3, 0.4) is 0 Å². The molecule has 0 fully saturated rings. The van der Waals surface area contributed by atoms with Crippen LogP contribution in [-0.4, -0.2) is 20.2 Å². The summed E-state index contributed by atoms with van der Waals surface area (Å²) in [5, 5.41) is 13.4. The molecular formula is C14H13N5S. The van der Waals surface area contributed by atoms with Gasteiger partial charge < -0.3 is 5.32 Å². The van der Waals surface area contributed by atoms with Crippen molar-refractivity contribution in [1.82, 2.24) is 20.2 Å². The van der Waals surface area contributed by atoms with E-state index in [1.54, 1.807) is 17.5 Å². The van der Waals surface area contributed by atoms with Crippen LogP contribution in [-0.2, 0) is 6.54 Å². The number of hydrogen-bond donors (Lipinski definition) is 1. The third kappa shape index (κ3) is 2.97. The molecule has 2 heterocycles. The summed E-state index contributed by atoms with van der Waals surface area (Å²) in [5.74, 6) is 0.612. The van der Waals surface area contributed by atoms with E-state index < -0.39 is 0 Å². The van der Waals surface area contributed by atoms with Crippen LogP contribution in [0.2, 0.25) is 0 Å². The van der Waals surface area contributed by atoms with Gasteiger partial charge in [0.2, 0.25) is 5.95 Å². The average molecular weight is 283 g/mol. The Balaban J connectivity index is 1.69. The molecule has 2 aromatic heterocycles. The Kier molecular flexibility index (Phi) is 3.64. The summed E-state index contributed by atoms with van der Waals surface area (Å²) in [5.41, 5.74) is 2.02. The summed E-state index contributed by atoms with van der Waals surface area (Å²) < 4.78 is 0. The highest BCUT2D eigenvalue weighted by Gasteiger charge is 2.06. The topological polar surface area (TPSA) is 63.6 Å². The lowest BCUT2D eigenvalue weighted by Crippen LogP contribution is -2.03. The normalized spacial score (nSPS) is 10.4. The Bertz CT molecular complexity index is 696. The molecule has 0 saturated heterocycles. The summed E-state index contributed by atoms with van der Waals surface area (Å²) in [6.07, 6.45) is 1.74. The van der Waals surface area contributed by atoms with Crippen LogP contribution in [0.4, 0.5) is 5.95 Å². The van der Waals surface area contributed by atoms with Crippen LogP contribution < -0.4 is 5.32 Å². The molecule has 5 nitrogen and oxygen atoms in total. The second-order valence-corrected chi connectivity index (χ2v) is 5.30. The highest BCUT2D eigenvalue weighted by atomic mass is 32.1. The predicted octanol–water partition coefficient (Wildman–Crippen LogP) is 2.92. The van der Waals surface area contributed by atoms with E-state index in [9.17, 15) is 0 Å². The Hall–Kier alpha value is -2.34. The van der Waals surface area contributed by atoms with Gasteiger partial charge in [-0.1, -0.05) is 41.7 Å². The van der Waals surface area contributed by atoms with Gasteiger partial charge >= 0.3 is 0 Å². The van der Waals surface area contributed by atoms with Crippen LogP contribution >= 0.6 is 11.3 Å². The predicted molar refractivity (Wildman–Crippen MR) is 79.4 cm³/mol. The molecule has 3 aromatic rings. The molecule has 0 aliphatic rings. The van der Waals surface area contributed by atoms with Crippen LogP contribution in [0.25, 0.3) is 10.6 Å². The van der Waals surface area contributed by atoms with Crippen molar-refractivity contribution < 1.29 is 0 Å². The largest absolute Gasteiger partial charge is 0.348 e. The fourth-order valence-corrected chi connectivity index (χ4v) is 2.50. The maximum Gasteiger partial charge on any atom is 0.223 e. The zero-order chi connectivity index (χ0) is 13.8. The van der Waals surface area contributed by atoms with E-state index in [-0.39, 0.29) is 0 Å². The number of benzene rings is 1. The van der Waals surface area contributed by atoms with Crippen molar-refractivity contribution >= 4 is 17.3 Å². The van der Waals surface area contributed by atoms with E-state index >= 15 is 0 Å². The Morgan fingerprint density at radius 2 is 1.95 bits per heavy atom. The summed E-state index contributed by atoms with van der Waals surface area (Å²) in [6.45, 7) is 2.51. The summed E-state index contributed by atoms with van der Waals surface area (Å²) >= 11 is 1.57. The lowest BCUT2D eigenvalue weighted by molar-refractivity contribution is 0.966. The van der Waals surface area contributed by atoms with E-state index in [1.807, 2.05) is 43.3 Å². The first-order valence-corrected chi connectivity index (χ1v) is 7.04. The third-order valence-corrected chi connectivity index (χ3v) is 3.65. The number of hydrogen-bond acceptors (Lipinski definition) is 6. The van der Waals surface area contributed by atoms with Gasteiger partial charge in [0.1, 0.15) is 10.0 Å². The van der Waals surface area contributed by atoms with Gasteiger partial charge in [0.05, 0.1) is 6.54 Å². The Labute approximate surface area is 120 Å². The smallest absolute Gasteiger partial charge is 0.223 e. The van der Waals surface area contributed by atoms with Crippen molar-refractivity contribution in [3.8, 4) is 10.6 Å². The van der Waals surface area contributed by atoms with E-state index in [0.717, 1.165) is 21.3 Å². The molecule has 6 heteroatoms. The number of anilines is 1. The van der Waals surface area contributed by atoms with Gasteiger partial charge in [-0.15, -0.1) is 10.2 Å². The summed E-state index contributed by atoms with van der Waals surface area (Å²) in [4.78, 5) is 8.44. The van der Waals surface area contributed by atoms with Crippen molar-refractivity contribution in [3.05, 3.63) is 53.3 Å². The molecule has 20 heavy (non-hydrogen) atoms. The molecule has 0 amide bonds. The van der Waals surface area contributed by atoms with Crippen LogP contribution in [0, 0.1) is 6.92 Å². The van der Waals surface area contributed by atoms with Crippen molar-refractivity contribution in [1.29, 1.82) is 0 Å². The molecule has 0 spiro atoms. The van der Waals surface area contributed by atoms with Gasteiger partial charge in [-0.25, -0.2) is 9.97 Å². The SMILES string of the molecule is Cc1ccnc(NCc2nnc(-c3ccccc3)s2)n1. The second kappa shape index (κ2) is 5.75. The van der Waals surface area contributed by atoms with E-state index in [1.165, 1.54) is 0 Å². The lowest BCUT2D eigenvalue weighted by Gasteiger charge is -2.01. The minimum atomic E-state index is 0.577. The first-order valence-electron chi connectivity index (χ1n) is 6.22. The Morgan fingerprint density at radius 3 is 2.75 bits per heavy atom. The zero-order valence-electron chi connectivity index (χ0n) is 10.9. The highest BCUT2D eigenvalue weighted by Crippen LogP contribution is 2.23. The molecule has 1 N–H and O–H groups in total. The second-order valence-electron chi connectivity index (χ2n) is 4.24. The molecule has 0 aliphatic heterocycles. The number of rotatable bonds is 4. The number of nitrogens with zero attached hydrogens (tertiary/aromatic N) is 4. The van der Waals surface area contributed by atoms with Gasteiger partial charge in [0, 0.05) is 17.5 Å². The molecule has 0 aliphatic carbocycles. The number of aromatic nitrogens is 4. The summed E-state index contributed by atoms with van der Waals surface area (Å²) in [7, 11) is 0. The number of aryl methyl sites for hydroxylation is 1. The van der Waals surface area contributed by atoms with Gasteiger partial charge in [0.25, 0.3) is 0 Å². The third-order valence-electron chi connectivity index (χ3n) is 2.68. The van der Waals surface area contributed by atoms with E-state index in [2.05, 4.69) is 25.5 Å². The average Bonchev–Trinajstić information content (AvgIpc) is 2.95. The number of nitrogens with one attached hydrogen (secondary N) is 1. The van der Waals surface area contributed by atoms with E-state index in [4.69, 9.17) is 0 Å². The molecular weight excluding hydrogens is 270 g/mol. The minimum absolute atomic E-state index is 0.577. The van der Waals surface area contributed by atoms with Crippen LogP contribution in [0.1, 0.15) is 10.7 Å². The molecule has 0 unspecified atom stereocenters.